The first-order chi connectivity index (χ1) is 11.3. The summed E-state index contributed by atoms with van der Waals surface area (Å²) >= 11 is 6.19. The molecule has 2 aromatic rings. The van der Waals surface area contributed by atoms with Crippen molar-refractivity contribution in [2.45, 2.75) is 39.5 Å². The van der Waals surface area contributed by atoms with E-state index < -0.39 is 18.9 Å². The third-order valence-electron chi connectivity index (χ3n) is 3.94. The van der Waals surface area contributed by atoms with Crippen molar-refractivity contribution in [3.63, 3.8) is 0 Å². The molecule has 0 spiro atoms. The summed E-state index contributed by atoms with van der Waals surface area (Å²) < 4.78 is 25.1. The average Bonchev–Trinajstić information content (AvgIpc) is 2.52. The van der Waals surface area contributed by atoms with Crippen LogP contribution in [0, 0.1) is 0 Å². The third-order valence-corrected chi connectivity index (χ3v) is 6.24. The highest BCUT2D eigenvalue weighted by Crippen LogP contribution is 2.61. The van der Waals surface area contributed by atoms with Gasteiger partial charge in [0.15, 0.2) is 0 Å². The molecule has 0 bridgehead atoms. The molecule has 0 radical (unpaired) electrons. The molecule has 0 saturated carbocycles. The number of benzene rings is 2. The van der Waals surface area contributed by atoms with Gasteiger partial charge in [0.05, 0.1) is 6.10 Å². The minimum atomic E-state index is -3.68. The standard InChI is InChI=1S/C17H19ClNO4P/c1-11(2)22-17(20)12(3)19-10-14-9-8-13-6-4-5-7-15(13)16(14)23-24(19,18)21/h4-9,11-12H,10H2,1-3H3/t12-,24?/m0/s1. The number of halogens is 1. The van der Waals surface area contributed by atoms with E-state index in [0.29, 0.717) is 5.75 Å². The Morgan fingerprint density at radius 1 is 1.25 bits per heavy atom. The van der Waals surface area contributed by atoms with Gasteiger partial charge in [0.25, 0.3) is 0 Å². The molecule has 0 N–H and O–H groups in total. The molecule has 0 fully saturated rings. The van der Waals surface area contributed by atoms with Crippen LogP contribution < -0.4 is 4.52 Å². The Kier molecular flexibility index (Phi) is 4.60. The lowest BCUT2D eigenvalue weighted by molar-refractivity contribution is -0.151. The van der Waals surface area contributed by atoms with Crippen LogP contribution in [0.1, 0.15) is 26.3 Å². The Morgan fingerprint density at radius 3 is 2.67 bits per heavy atom. The molecule has 0 saturated heterocycles. The maximum Gasteiger partial charge on any atom is 0.412 e. The van der Waals surface area contributed by atoms with Crippen LogP contribution in [0.15, 0.2) is 36.4 Å². The third kappa shape index (κ3) is 3.16. The Morgan fingerprint density at radius 2 is 1.96 bits per heavy atom. The van der Waals surface area contributed by atoms with Gasteiger partial charge in [0, 0.05) is 28.7 Å². The fourth-order valence-electron chi connectivity index (χ4n) is 2.74. The van der Waals surface area contributed by atoms with Gasteiger partial charge in [-0.05, 0) is 26.2 Å². The predicted molar refractivity (Wildman–Crippen MR) is 94.3 cm³/mol. The van der Waals surface area contributed by atoms with Crippen LogP contribution in [0.2, 0.25) is 0 Å². The summed E-state index contributed by atoms with van der Waals surface area (Å²) in [5, 5.41) is 1.83. The Balaban J connectivity index is 1.98. The van der Waals surface area contributed by atoms with Crippen LogP contribution in [0.4, 0.5) is 0 Å². The van der Waals surface area contributed by atoms with Crippen molar-refractivity contribution in [1.82, 2.24) is 4.67 Å². The van der Waals surface area contributed by atoms with Crippen LogP contribution in [-0.4, -0.2) is 22.8 Å². The molecule has 1 aliphatic rings. The van der Waals surface area contributed by atoms with Crippen LogP contribution in [0.3, 0.4) is 0 Å². The van der Waals surface area contributed by atoms with Crippen LogP contribution in [0.25, 0.3) is 10.8 Å². The van der Waals surface area contributed by atoms with E-state index in [1.165, 1.54) is 4.67 Å². The van der Waals surface area contributed by atoms with Gasteiger partial charge in [-0.1, -0.05) is 36.4 Å². The minimum Gasteiger partial charge on any atom is -0.462 e. The van der Waals surface area contributed by atoms with E-state index in [1.54, 1.807) is 20.8 Å². The number of hydrogen-bond acceptors (Lipinski definition) is 4. The van der Waals surface area contributed by atoms with Gasteiger partial charge in [-0.25, -0.2) is 4.57 Å². The number of esters is 1. The van der Waals surface area contributed by atoms with Gasteiger partial charge in [-0.2, -0.15) is 4.67 Å². The van der Waals surface area contributed by atoms with Gasteiger partial charge >= 0.3 is 12.8 Å². The Bertz CT molecular complexity index is 838. The predicted octanol–water partition coefficient (Wildman–Crippen LogP) is 4.72. The molecule has 1 heterocycles. The van der Waals surface area contributed by atoms with E-state index in [2.05, 4.69) is 0 Å². The summed E-state index contributed by atoms with van der Waals surface area (Å²) in [6.07, 6.45) is -0.253. The number of rotatable bonds is 3. The van der Waals surface area contributed by atoms with E-state index in [0.717, 1.165) is 16.3 Å². The number of carbonyl (C=O) groups excluding carboxylic acids is 1. The molecule has 7 heteroatoms. The van der Waals surface area contributed by atoms with E-state index in [4.69, 9.17) is 20.5 Å². The highest BCUT2D eigenvalue weighted by atomic mass is 35.7. The number of hydrogen-bond donors (Lipinski definition) is 0. The highest BCUT2D eigenvalue weighted by molar-refractivity contribution is 7.83. The summed E-state index contributed by atoms with van der Waals surface area (Å²) in [5.74, 6) is 0.0471. The summed E-state index contributed by atoms with van der Waals surface area (Å²) in [4.78, 5) is 12.2. The van der Waals surface area contributed by atoms with E-state index in [-0.39, 0.29) is 12.6 Å². The lowest BCUT2D eigenvalue weighted by atomic mass is 10.1. The zero-order valence-corrected chi connectivity index (χ0v) is 15.4. The summed E-state index contributed by atoms with van der Waals surface area (Å²) in [6, 6.07) is 10.8. The second-order valence-electron chi connectivity index (χ2n) is 6.08. The molecule has 1 unspecified atom stereocenters. The zero-order valence-electron chi connectivity index (χ0n) is 13.7. The van der Waals surface area contributed by atoms with E-state index in [9.17, 15) is 9.36 Å². The first kappa shape index (κ1) is 17.3. The van der Waals surface area contributed by atoms with Crippen molar-refractivity contribution in [1.29, 1.82) is 0 Å². The average molecular weight is 368 g/mol. The molecular weight excluding hydrogens is 349 g/mol. The lowest BCUT2D eigenvalue weighted by Gasteiger charge is -2.35. The second-order valence-corrected chi connectivity index (χ2v) is 8.96. The fraction of sp³-hybridized carbons (Fsp3) is 0.353. The van der Waals surface area contributed by atoms with Gasteiger partial charge in [0.2, 0.25) is 0 Å². The molecular formula is C17H19ClNO4P. The van der Waals surface area contributed by atoms with E-state index >= 15 is 0 Å². The molecule has 5 nitrogen and oxygen atoms in total. The highest BCUT2D eigenvalue weighted by Gasteiger charge is 2.43. The maximum atomic E-state index is 12.9. The van der Waals surface area contributed by atoms with E-state index in [1.807, 2.05) is 36.4 Å². The van der Waals surface area contributed by atoms with Crippen molar-refractivity contribution >= 4 is 34.9 Å². The first-order valence-corrected chi connectivity index (χ1v) is 10.3. The maximum absolute atomic E-state index is 12.9. The first-order valence-electron chi connectivity index (χ1n) is 7.77. The summed E-state index contributed by atoms with van der Waals surface area (Å²) in [6.45, 7) is 1.72. The molecule has 2 atom stereocenters. The molecule has 0 aliphatic carbocycles. The molecule has 0 amide bonds. The number of nitrogens with zero attached hydrogens (tertiary/aromatic N) is 1. The monoisotopic (exact) mass is 367 g/mol. The largest absolute Gasteiger partial charge is 0.462 e. The van der Waals surface area contributed by atoms with Crippen LogP contribution >= 0.6 is 18.1 Å². The topological polar surface area (TPSA) is 55.8 Å². The van der Waals surface area contributed by atoms with Crippen molar-refractivity contribution in [3.05, 3.63) is 42.0 Å². The summed E-state index contributed by atoms with van der Waals surface area (Å²) in [7, 11) is 0. The minimum absolute atomic E-state index is 0.253. The number of ether oxygens (including phenoxy) is 1. The quantitative estimate of drug-likeness (QED) is 0.580. The molecule has 0 aromatic heterocycles. The lowest BCUT2D eigenvalue weighted by Crippen LogP contribution is -2.40. The normalized spacial score (nSPS) is 22.0. The number of fused-ring (bicyclic) bond motifs is 3. The molecule has 24 heavy (non-hydrogen) atoms. The van der Waals surface area contributed by atoms with Crippen LogP contribution in [0.5, 0.6) is 5.75 Å². The van der Waals surface area contributed by atoms with Gasteiger partial charge < -0.3 is 9.26 Å². The van der Waals surface area contributed by atoms with Crippen molar-refractivity contribution in [3.8, 4) is 5.75 Å². The smallest absolute Gasteiger partial charge is 0.412 e. The van der Waals surface area contributed by atoms with Gasteiger partial charge in [-0.3, -0.25) is 4.79 Å². The van der Waals surface area contributed by atoms with Crippen molar-refractivity contribution < 1.29 is 18.6 Å². The Labute approximate surface area is 145 Å². The van der Waals surface area contributed by atoms with Crippen LogP contribution in [-0.2, 0) is 20.6 Å². The van der Waals surface area contributed by atoms with Gasteiger partial charge in [0.1, 0.15) is 11.8 Å². The molecule has 2 aromatic carbocycles. The van der Waals surface area contributed by atoms with Crippen molar-refractivity contribution in [2.75, 3.05) is 0 Å². The Hall–Kier alpha value is -1.55. The summed E-state index contributed by atoms with van der Waals surface area (Å²) in [5.41, 5.74) is 0.838. The second kappa shape index (κ2) is 6.40. The SMILES string of the molecule is CC(C)OC(=O)[C@H](C)N1Cc2ccc3ccccc3c2OP1(=O)Cl. The zero-order chi connectivity index (χ0) is 17.5. The molecule has 3 rings (SSSR count). The molecule has 1 aliphatic heterocycles. The van der Waals surface area contributed by atoms with Gasteiger partial charge in [-0.15, -0.1) is 0 Å². The molecule has 128 valence electrons. The fourth-order valence-corrected chi connectivity index (χ4v) is 4.88. The number of carbonyl (C=O) groups is 1. The van der Waals surface area contributed by atoms with Crippen molar-refractivity contribution in [2.24, 2.45) is 0 Å².